The molecule has 1 aliphatic heterocycles. The number of imidazole rings is 1. The number of amides is 3. The molecule has 2 fully saturated rings. The summed E-state index contributed by atoms with van der Waals surface area (Å²) in [6, 6.07) is -0.909. The Morgan fingerprint density at radius 1 is 1.17 bits per heavy atom. The van der Waals surface area contributed by atoms with Gasteiger partial charge in [-0.15, -0.1) is 0 Å². The third kappa shape index (κ3) is 7.88. The van der Waals surface area contributed by atoms with Crippen LogP contribution in [0, 0.1) is 5.41 Å². The zero-order valence-electron chi connectivity index (χ0n) is 25.9. The van der Waals surface area contributed by atoms with E-state index < -0.39 is 23.7 Å². The number of likely N-dealkylation sites (tertiary alicyclic amines) is 1. The monoisotopic (exact) mass is 584 g/mol. The van der Waals surface area contributed by atoms with Crippen LogP contribution in [-0.2, 0) is 9.59 Å². The van der Waals surface area contributed by atoms with E-state index in [1.807, 2.05) is 42.8 Å². The van der Waals surface area contributed by atoms with Crippen molar-refractivity contribution in [2.45, 2.75) is 109 Å². The maximum Gasteiger partial charge on any atom is 0.274 e. The van der Waals surface area contributed by atoms with Crippen LogP contribution in [0.15, 0.2) is 36.3 Å². The SMILES string of the molecule is CN[C@@H](C)C(=O)N[C@H](C(=O)N1CCC[C@H]1CN(CCC1=CCC(F)C=C1)C(=O)c1cn(C2CCCC2)cn1)C(C)(C)C. The number of carbonyl (C=O) groups is 3. The first-order valence-electron chi connectivity index (χ1n) is 15.6. The van der Waals surface area contributed by atoms with Gasteiger partial charge in [-0.3, -0.25) is 14.4 Å². The number of hydrogen-bond acceptors (Lipinski definition) is 5. The number of allylic oxidation sites excluding steroid dienone is 3. The van der Waals surface area contributed by atoms with Crippen molar-refractivity contribution in [2.75, 3.05) is 26.7 Å². The smallest absolute Gasteiger partial charge is 0.274 e. The highest BCUT2D eigenvalue weighted by molar-refractivity contribution is 5.92. The zero-order chi connectivity index (χ0) is 30.4. The van der Waals surface area contributed by atoms with E-state index in [9.17, 15) is 18.8 Å². The second-order valence-corrected chi connectivity index (χ2v) is 13.2. The van der Waals surface area contributed by atoms with Crippen molar-refractivity contribution in [3.8, 4) is 0 Å². The molecule has 9 nitrogen and oxygen atoms in total. The molecule has 1 saturated carbocycles. The van der Waals surface area contributed by atoms with Crippen molar-refractivity contribution in [3.63, 3.8) is 0 Å². The van der Waals surface area contributed by atoms with E-state index >= 15 is 0 Å². The first-order chi connectivity index (χ1) is 20.0. The summed E-state index contributed by atoms with van der Waals surface area (Å²) >= 11 is 0. The molecule has 2 N–H and O–H groups in total. The number of rotatable bonds is 11. The molecule has 232 valence electrons. The predicted octanol–water partition coefficient (Wildman–Crippen LogP) is 4.18. The Morgan fingerprint density at radius 2 is 1.90 bits per heavy atom. The van der Waals surface area contributed by atoms with Crippen LogP contribution in [0.5, 0.6) is 0 Å². The summed E-state index contributed by atoms with van der Waals surface area (Å²) in [7, 11) is 1.71. The average Bonchev–Trinajstić information content (AvgIpc) is 3.75. The van der Waals surface area contributed by atoms with Crippen LogP contribution in [0.2, 0.25) is 0 Å². The molecule has 3 amide bonds. The summed E-state index contributed by atoms with van der Waals surface area (Å²) in [5.74, 6) is -0.495. The van der Waals surface area contributed by atoms with Crippen LogP contribution in [0.25, 0.3) is 0 Å². The Balaban J connectivity index is 1.52. The second kappa shape index (κ2) is 14.0. The number of aromatic nitrogens is 2. The number of carbonyl (C=O) groups excluding carboxylic acids is 3. The van der Waals surface area contributed by atoms with Gasteiger partial charge in [-0.05, 0) is 51.5 Å². The Labute approximate surface area is 250 Å². The molecular formula is C32H49FN6O3. The molecule has 0 bridgehead atoms. The van der Waals surface area contributed by atoms with E-state index in [4.69, 9.17) is 0 Å². The van der Waals surface area contributed by atoms with Crippen molar-refractivity contribution < 1.29 is 18.8 Å². The Kier molecular flexibility index (Phi) is 10.6. The van der Waals surface area contributed by atoms with Crippen molar-refractivity contribution in [1.82, 2.24) is 30.0 Å². The van der Waals surface area contributed by atoms with Gasteiger partial charge in [0, 0.05) is 44.3 Å². The minimum atomic E-state index is -0.962. The van der Waals surface area contributed by atoms with Crippen LogP contribution in [0.4, 0.5) is 4.39 Å². The molecule has 0 spiro atoms. The minimum absolute atomic E-state index is 0.119. The van der Waals surface area contributed by atoms with Crippen molar-refractivity contribution >= 4 is 17.7 Å². The van der Waals surface area contributed by atoms with Gasteiger partial charge in [0.15, 0.2) is 0 Å². The Hall–Kier alpha value is -3.01. The molecule has 1 aromatic rings. The van der Waals surface area contributed by atoms with Crippen molar-refractivity contribution in [3.05, 3.63) is 42.0 Å². The predicted molar refractivity (Wildman–Crippen MR) is 162 cm³/mol. The summed E-state index contributed by atoms with van der Waals surface area (Å²) in [5.41, 5.74) is 0.923. The molecule has 4 rings (SSSR count). The van der Waals surface area contributed by atoms with Crippen LogP contribution in [0.1, 0.15) is 95.6 Å². The fraction of sp³-hybridized carbons (Fsp3) is 0.688. The van der Waals surface area contributed by atoms with Gasteiger partial charge in [0.25, 0.3) is 5.91 Å². The Bertz CT molecular complexity index is 1170. The van der Waals surface area contributed by atoms with Gasteiger partial charge in [0.2, 0.25) is 11.8 Å². The van der Waals surface area contributed by atoms with Gasteiger partial charge in [-0.25, -0.2) is 9.37 Å². The number of hydrogen-bond donors (Lipinski definition) is 2. The second-order valence-electron chi connectivity index (χ2n) is 13.2. The number of halogens is 1. The molecule has 1 aromatic heterocycles. The number of nitrogens with zero attached hydrogens (tertiary/aromatic N) is 4. The molecular weight excluding hydrogens is 535 g/mol. The number of likely N-dealkylation sites (N-methyl/N-ethyl adjacent to an activating group) is 1. The fourth-order valence-corrected chi connectivity index (χ4v) is 6.16. The molecule has 10 heteroatoms. The van der Waals surface area contributed by atoms with Gasteiger partial charge >= 0.3 is 0 Å². The fourth-order valence-electron chi connectivity index (χ4n) is 6.16. The van der Waals surface area contributed by atoms with E-state index in [0.29, 0.717) is 44.2 Å². The lowest BCUT2D eigenvalue weighted by molar-refractivity contribution is -0.140. The summed E-state index contributed by atoms with van der Waals surface area (Å²) in [4.78, 5) is 48.8. The van der Waals surface area contributed by atoms with Crippen LogP contribution in [-0.4, -0.2) is 88.1 Å². The number of alkyl halides is 1. The first kappa shape index (κ1) is 31.9. The lowest BCUT2D eigenvalue weighted by Gasteiger charge is -2.37. The molecule has 0 radical (unpaired) electrons. The highest BCUT2D eigenvalue weighted by Gasteiger charge is 2.41. The topological polar surface area (TPSA) is 99.6 Å². The molecule has 3 aliphatic rings. The molecule has 1 unspecified atom stereocenters. The number of nitrogens with one attached hydrogen (secondary N) is 2. The molecule has 4 atom stereocenters. The lowest BCUT2D eigenvalue weighted by Crippen LogP contribution is -2.59. The summed E-state index contributed by atoms with van der Waals surface area (Å²) < 4.78 is 15.7. The standard InChI is InChI=1S/C32H49FN6O3/c1-22(34-5)29(40)36-28(32(2,3)4)31(42)39-17-8-11-26(39)19-37(18-16-23-12-14-24(33)15-13-23)30(41)27-20-38(21-35-27)25-9-6-7-10-25/h12-14,20-22,24-26,28,34H,6-11,15-19H2,1-5H3,(H,36,40)/t22-,24?,26-,28+/m0/s1. The molecule has 2 heterocycles. The van der Waals surface area contributed by atoms with Crippen molar-refractivity contribution in [2.24, 2.45) is 5.41 Å². The Morgan fingerprint density at radius 3 is 2.55 bits per heavy atom. The summed E-state index contributed by atoms with van der Waals surface area (Å²) in [5, 5.41) is 5.91. The van der Waals surface area contributed by atoms with E-state index in [-0.39, 0.29) is 23.8 Å². The normalized spacial score (nSPS) is 22.6. The highest BCUT2D eigenvalue weighted by atomic mass is 19.1. The minimum Gasteiger partial charge on any atom is -0.342 e. The van der Waals surface area contributed by atoms with E-state index in [1.165, 1.54) is 12.8 Å². The summed E-state index contributed by atoms with van der Waals surface area (Å²) in [6.07, 6.45) is 15.1. The third-order valence-corrected chi connectivity index (χ3v) is 8.97. The van der Waals surface area contributed by atoms with Gasteiger partial charge in [0.1, 0.15) is 17.9 Å². The largest absolute Gasteiger partial charge is 0.342 e. The third-order valence-electron chi connectivity index (χ3n) is 8.97. The molecule has 2 aliphatic carbocycles. The van der Waals surface area contributed by atoms with Crippen LogP contribution in [0.3, 0.4) is 0 Å². The summed E-state index contributed by atoms with van der Waals surface area (Å²) in [6.45, 7) is 9.03. The van der Waals surface area contributed by atoms with Gasteiger partial charge in [-0.1, -0.05) is 57.4 Å². The quantitative estimate of drug-likeness (QED) is 0.407. The van der Waals surface area contributed by atoms with Crippen LogP contribution < -0.4 is 10.6 Å². The molecule has 1 saturated heterocycles. The van der Waals surface area contributed by atoms with Gasteiger partial charge in [0.05, 0.1) is 12.4 Å². The van der Waals surface area contributed by atoms with Crippen molar-refractivity contribution in [1.29, 1.82) is 0 Å². The van der Waals surface area contributed by atoms with Gasteiger partial charge in [-0.2, -0.15) is 0 Å². The maximum absolute atomic E-state index is 14.0. The lowest BCUT2D eigenvalue weighted by atomic mass is 9.85. The van der Waals surface area contributed by atoms with E-state index in [1.54, 1.807) is 32.5 Å². The van der Waals surface area contributed by atoms with Gasteiger partial charge < -0.3 is 25.0 Å². The average molecular weight is 585 g/mol. The zero-order valence-corrected chi connectivity index (χ0v) is 25.9. The van der Waals surface area contributed by atoms with Crippen LogP contribution >= 0.6 is 0 Å². The van der Waals surface area contributed by atoms with E-state index in [0.717, 1.165) is 31.3 Å². The molecule has 42 heavy (non-hydrogen) atoms. The molecule has 0 aromatic carbocycles. The van der Waals surface area contributed by atoms with E-state index in [2.05, 4.69) is 20.2 Å². The highest BCUT2D eigenvalue weighted by Crippen LogP contribution is 2.30. The first-order valence-corrected chi connectivity index (χ1v) is 15.6. The maximum atomic E-state index is 14.0.